The maximum atomic E-state index is 12.8. The number of carbonyl (C=O) groups is 1. The van der Waals surface area contributed by atoms with Gasteiger partial charge in [-0.25, -0.2) is 9.69 Å². The van der Waals surface area contributed by atoms with Crippen molar-refractivity contribution in [3.05, 3.63) is 59.1 Å². The second kappa shape index (κ2) is 6.32. The molecule has 1 aliphatic rings. The van der Waals surface area contributed by atoms with Crippen molar-refractivity contribution in [2.24, 2.45) is 0 Å². The highest BCUT2D eigenvalue weighted by Gasteiger charge is 2.43. The first-order chi connectivity index (χ1) is 11.6. The molecule has 1 amide bonds. The second-order valence-corrected chi connectivity index (χ2v) is 5.57. The highest BCUT2D eigenvalue weighted by molar-refractivity contribution is 6.31. The van der Waals surface area contributed by atoms with Crippen LogP contribution in [0, 0.1) is 23.7 Å². The highest BCUT2D eigenvalue weighted by Crippen LogP contribution is 2.42. The van der Waals surface area contributed by atoms with Crippen molar-refractivity contribution in [1.82, 2.24) is 0 Å². The second-order valence-electron chi connectivity index (χ2n) is 5.13. The maximum Gasteiger partial charge on any atom is 0.421 e. The van der Waals surface area contributed by atoms with Gasteiger partial charge in [-0.1, -0.05) is 35.9 Å². The van der Waals surface area contributed by atoms with Crippen LogP contribution in [0.15, 0.2) is 48.5 Å². The summed E-state index contributed by atoms with van der Waals surface area (Å²) in [6, 6.07) is 14.5. The number of carbonyl (C=O) groups excluding carboxylic acids is 1. The van der Waals surface area contributed by atoms with Crippen LogP contribution in [0.5, 0.6) is 0 Å². The summed E-state index contributed by atoms with van der Waals surface area (Å²) < 4.78 is 5.68. The van der Waals surface area contributed by atoms with Crippen LogP contribution in [-0.2, 0) is 10.3 Å². The maximum absolute atomic E-state index is 12.8. The van der Waals surface area contributed by atoms with Crippen LogP contribution in [0.2, 0.25) is 5.02 Å². The first-order valence-electron chi connectivity index (χ1n) is 7.37. The van der Waals surface area contributed by atoms with Crippen molar-refractivity contribution in [2.75, 3.05) is 4.90 Å². The number of cyclic esters (lactones) is 1. The predicted molar refractivity (Wildman–Crippen MR) is 95.1 cm³/mol. The van der Waals surface area contributed by atoms with Crippen molar-refractivity contribution in [1.29, 1.82) is 0 Å². The number of ether oxygens (including phenoxy) is 1. The van der Waals surface area contributed by atoms with Crippen LogP contribution >= 0.6 is 11.6 Å². The highest BCUT2D eigenvalue weighted by atomic mass is 35.5. The van der Waals surface area contributed by atoms with Gasteiger partial charge in [0.25, 0.3) is 5.60 Å². The summed E-state index contributed by atoms with van der Waals surface area (Å²) in [6.07, 6.45) is -0.540. The third-order valence-corrected chi connectivity index (χ3v) is 3.85. The van der Waals surface area contributed by atoms with Crippen molar-refractivity contribution in [2.45, 2.75) is 19.4 Å². The minimum absolute atomic E-state index is 0.538. The fourth-order valence-electron chi connectivity index (χ4n) is 2.72. The summed E-state index contributed by atoms with van der Waals surface area (Å²) in [5, 5.41) is 0.538. The Morgan fingerprint density at radius 1 is 1.04 bits per heavy atom. The van der Waals surface area contributed by atoms with E-state index in [-0.39, 0.29) is 0 Å². The minimum Gasteiger partial charge on any atom is -0.413 e. The van der Waals surface area contributed by atoms with Crippen molar-refractivity contribution >= 4 is 29.1 Å². The molecule has 2 aromatic rings. The number of rotatable bonds is 1. The van der Waals surface area contributed by atoms with Gasteiger partial charge in [-0.05, 0) is 50.0 Å². The fourth-order valence-corrected chi connectivity index (χ4v) is 2.91. The van der Waals surface area contributed by atoms with E-state index in [1.807, 2.05) is 24.3 Å². The molecule has 0 atom stereocenters. The molecule has 0 spiro atoms. The molecule has 0 unspecified atom stereocenters. The third-order valence-electron chi connectivity index (χ3n) is 3.62. The van der Waals surface area contributed by atoms with E-state index in [0.717, 1.165) is 5.56 Å². The van der Waals surface area contributed by atoms with Gasteiger partial charge in [0.2, 0.25) is 0 Å². The summed E-state index contributed by atoms with van der Waals surface area (Å²) in [7, 11) is 0. The smallest absolute Gasteiger partial charge is 0.413 e. The zero-order chi connectivity index (χ0) is 17.2. The molecule has 0 fully saturated rings. The van der Waals surface area contributed by atoms with Crippen molar-refractivity contribution in [3.8, 4) is 23.7 Å². The van der Waals surface area contributed by atoms with Gasteiger partial charge < -0.3 is 4.74 Å². The summed E-state index contributed by atoms with van der Waals surface area (Å²) in [4.78, 5) is 14.2. The molecule has 4 heteroatoms. The van der Waals surface area contributed by atoms with Crippen molar-refractivity contribution in [3.63, 3.8) is 0 Å². The van der Waals surface area contributed by atoms with Crippen LogP contribution in [0.1, 0.15) is 19.4 Å². The molecule has 118 valence electrons. The largest absolute Gasteiger partial charge is 0.421 e. The van der Waals surface area contributed by atoms with Gasteiger partial charge in [-0.3, -0.25) is 0 Å². The predicted octanol–water partition coefficient (Wildman–Crippen LogP) is 4.87. The molecule has 0 aliphatic carbocycles. The van der Waals surface area contributed by atoms with E-state index in [2.05, 4.69) is 23.7 Å². The molecular weight excluding hydrogens is 322 g/mol. The number of hydrogen-bond acceptors (Lipinski definition) is 2. The van der Waals surface area contributed by atoms with Gasteiger partial charge in [0.1, 0.15) is 0 Å². The Morgan fingerprint density at radius 2 is 1.75 bits per heavy atom. The molecule has 1 heterocycles. The molecule has 1 aliphatic heterocycles. The van der Waals surface area contributed by atoms with Gasteiger partial charge in [0, 0.05) is 10.6 Å². The van der Waals surface area contributed by atoms with E-state index in [4.69, 9.17) is 16.3 Å². The SMILES string of the molecule is CC#CC1(C#CC)OC(=O)N(c2cccc(Cl)c2)c2ccccc21. The average Bonchev–Trinajstić information content (AvgIpc) is 2.55. The van der Waals surface area contributed by atoms with E-state index in [9.17, 15) is 4.79 Å². The lowest BCUT2D eigenvalue weighted by Gasteiger charge is -2.36. The zero-order valence-corrected chi connectivity index (χ0v) is 14.0. The lowest BCUT2D eigenvalue weighted by Crippen LogP contribution is -2.42. The molecule has 3 rings (SSSR count). The first kappa shape index (κ1) is 16.0. The standard InChI is InChI=1S/C20H14ClNO2/c1-3-12-20(13-4-2)17-10-5-6-11-18(17)22(19(23)24-20)16-9-7-8-15(21)14-16/h5-11,14H,1-2H3. The fraction of sp³-hybridized carbons (Fsp3) is 0.150. The van der Waals surface area contributed by atoms with E-state index in [1.54, 1.807) is 38.1 Å². The summed E-state index contributed by atoms with van der Waals surface area (Å²) in [5.74, 6) is 11.5. The Labute approximate surface area is 146 Å². The number of benzene rings is 2. The Balaban J connectivity index is 2.26. The van der Waals surface area contributed by atoms with Crippen LogP contribution < -0.4 is 4.90 Å². The molecule has 0 saturated carbocycles. The molecule has 3 nitrogen and oxygen atoms in total. The number of amides is 1. The number of para-hydroxylation sites is 1. The van der Waals surface area contributed by atoms with E-state index in [1.165, 1.54) is 4.90 Å². The molecule has 0 radical (unpaired) electrons. The minimum atomic E-state index is -1.26. The van der Waals surface area contributed by atoms with E-state index >= 15 is 0 Å². The number of hydrogen-bond donors (Lipinski definition) is 0. The van der Waals surface area contributed by atoms with Crippen LogP contribution in [0.4, 0.5) is 16.2 Å². The van der Waals surface area contributed by atoms with Crippen LogP contribution in [0.25, 0.3) is 0 Å². The van der Waals surface area contributed by atoms with Crippen LogP contribution in [-0.4, -0.2) is 6.09 Å². The zero-order valence-electron chi connectivity index (χ0n) is 13.3. The van der Waals surface area contributed by atoms with Gasteiger partial charge in [0.15, 0.2) is 0 Å². The van der Waals surface area contributed by atoms with Gasteiger partial charge in [-0.2, -0.15) is 0 Å². The monoisotopic (exact) mass is 335 g/mol. The Morgan fingerprint density at radius 3 is 2.42 bits per heavy atom. The summed E-state index contributed by atoms with van der Waals surface area (Å²) in [5.41, 5.74) is 0.781. The quantitative estimate of drug-likeness (QED) is 0.696. The Bertz CT molecular complexity index is 908. The lowest BCUT2D eigenvalue weighted by molar-refractivity contribution is 0.0914. The number of fused-ring (bicyclic) bond motifs is 1. The number of halogens is 1. The normalized spacial score (nSPS) is 14.5. The Hall–Kier alpha value is -2.88. The first-order valence-corrected chi connectivity index (χ1v) is 7.75. The average molecular weight is 336 g/mol. The lowest BCUT2D eigenvalue weighted by atomic mass is 9.91. The van der Waals surface area contributed by atoms with Crippen LogP contribution in [0.3, 0.4) is 0 Å². The summed E-state index contributed by atoms with van der Waals surface area (Å²) in [6.45, 7) is 3.39. The molecular formula is C20H14ClNO2. The summed E-state index contributed by atoms with van der Waals surface area (Å²) >= 11 is 6.07. The molecule has 0 aromatic heterocycles. The third kappa shape index (κ3) is 2.60. The topological polar surface area (TPSA) is 29.5 Å². The molecule has 2 aromatic carbocycles. The molecule has 0 bridgehead atoms. The number of nitrogens with zero attached hydrogens (tertiary/aromatic N) is 1. The van der Waals surface area contributed by atoms with E-state index in [0.29, 0.717) is 16.4 Å². The van der Waals surface area contributed by atoms with E-state index < -0.39 is 11.7 Å². The van der Waals surface area contributed by atoms with Gasteiger partial charge in [-0.15, -0.1) is 11.8 Å². The molecule has 0 saturated heterocycles. The number of anilines is 2. The molecule has 24 heavy (non-hydrogen) atoms. The van der Waals surface area contributed by atoms with Gasteiger partial charge in [0.05, 0.1) is 11.4 Å². The van der Waals surface area contributed by atoms with Crippen molar-refractivity contribution < 1.29 is 9.53 Å². The van der Waals surface area contributed by atoms with Gasteiger partial charge >= 0.3 is 6.09 Å². The molecule has 0 N–H and O–H groups in total. The Kier molecular flexibility index (Phi) is 4.21.